The summed E-state index contributed by atoms with van der Waals surface area (Å²) < 4.78 is 37.6. The van der Waals surface area contributed by atoms with Crippen molar-refractivity contribution in [2.75, 3.05) is 0 Å². The number of fused-ring (bicyclic) bond motifs is 1. The SMILES string of the molecule is [2H]c1[nH]c2c([2H])c([2H])c(O)cc2c1C([2H])([2H])C(=O)O. The van der Waals surface area contributed by atoms with E-state index in [4.69, 9.17) is 12.0 Å². The zero-order valence-corrected chi connectivity index (χ0v) is 6.88. The van der Waals surface area contributed by atoms with Crippen LogP contribution in [-0.4, -0.2) is 21.2 Å². The van der Waals surface area contributed by atoms with Gasteiger partial charge in [0.2, 0.25) is 0 Å². The number of carbonyl (C=O) groups is 1. The number of hydrogen-bond acceptors (Lipinski definition) is 2. The molecule has 1 aromatic carbocycles. The van der Waals surface area contributed by atoms with Crippen molar-refractivity contribution in [3.63, 3.8) is 0 Å². The van der Waals surface area contributed by atoms with Crippen LogP contribution in [0.3, 0.4) is 0 Å². The number of nitrogens with one attached hydrogen (secondary N) is 1. The summed E-state index contributed by atoms with van der Waals surface area (Å²) in [5.41, 5.74) is -0.522. The molecule has 0 saturated carbocycles. The highest BCUT2D eigenvalue weighted by Crippen LogP contribution is 2.23. The second kappa shape index (κ2) is 3.06. The number of carboxylic acid groups (broad SMARTS) is 1. The highest BCUT2D eigenvalue weighted by Gasteiger charge is 2.07. The van der Waals surface area contributed by atoms with E-state index in [0.29, 0.717) is 0 Å². The summed E-state index contributed by atoms with van der Waals surface area (Å²) in [6, 6.07) is 0.0903. The first-order valence-electron chi connectivity index (χ1n) is 6.23. The fraction of sp³-hybridized carbons (Fsp3) is 0.100. The number of rotatable bonds is 2. The number of H-pyrrole nitrogens is 1. The maximum Gasteiger partial charge on any atom is 0.307 e. The summed E-state index contributed by atoms with van der Waals surface area (Å²) in [4.78, 5) is 13.3. The van der Waals surface area contributed by atoms with Gasteiger partial charge in [0.05, 0.1) is 10.5 Å². The number of benzene rings is 1. The third kappa shape index (κ3) is 1.42. The lowest BCUT2D eigenvalue weighted by Gasteiger charge is -1.95. The first-order valence-corrected chi connectivity index (χ1v) is 3.73. The van der Waals surface area contributed by atoms with E-state index in [1.165, 1.54) is 0 Å². The molecule has 4 heteroatoms. The van der Waals surface area contributed by atoms with Gasteiger partial charge in [-0.05, 0) is 23.7 Å². The van der Waals surface area contributed by atoms with Crippen molar-refractivity contribution in [3.05, 3.63) is 29.9 Å². The summed E-state index contributed by atoms with van der Waals surface area (Å²) in [6.07, 6.45) is -3.33. The number of carboxylic acids is 1. The van der Waals surface area contributed by atoms with Crippen LogP contribution >= 0.6 is 0 Å². The molecule has 0 aliphatic rings. The number of hydrogen-bond donors (Lipinski definition) is 3. The quantitative estimate of drug-likeness (QED) is 0.681. The Kier molecular flexibility index (Phi) is 0.985. The smallest absolute Gasteiger partial charge is 0.307 e. The van der Waals surface area contributed by atoms with Gasteiger partial charge in [0.15, 0.2) is 0 Å². The molecule has 2 rings (SSSR count). The first kappa shape index (κ1) is 4.50. The minimum Gasteiger partial charge on any atom is -0.508 e. The summed E-state index contributed by atoms with van der Waals surface area (Å²) in [7, 11) is 0. The monoisotopic (exact) mass is 196 g/mol. The molecular formula is C10H9NO3. The fourth-order valence-corrected chi connectivity index (χ4v) is 1.13. The van der Waals surface area contributed by atoms with Crippen LogP contribution in [-0.2, 0) is 11.2 Å². The molecule has 1 heterocycles. The van der Waals surface area contributed by atoms with Crippen molar-refractivity contribution < 1.29 is 21.9 Å². The molecule has 0 spiro atoms. The van der Waals surface area contributed by atoms with E-state index in [1.54, 1.807) is 0 Å². The number of phenolic OH excluding ortho intramolecular Hbond substituents is 1. The van der Waals surface area contributed by atoms with Gasteiger partial charge in [-0.15, -0.1) is 0 Å². The molecule has 72 valence electrons. The molecule has 0 saturated heterocycles. The third-order valence-corrected chi connectivity index (χ3v) is 1.68. The van der Waals surface area contributed by atoms with Crippen LogP contribution in [0.25, 0.3) is 10.9 Å². The van der Waals surface area contributed by atoms with Gasteiger partial charge in [-0.25, -0.2) is 0 Å². The Hall–Kier alpha value is -1.97. The molecule has 0 amide bonds. The normalized spacial score (nSPS) is 16.7. The Morgan fingerprint density at radius 1 is 1.64 bits per heavy atom. The Bertz CT molecular complexity index is 694. The Labute approximate surface area is 86.8 Å². The van der Waals surface area contributed by atoms with Crippen LogP contribution in [0.15, 0.2) is 24.3 Å². The van der Waals surface area contributed by atoms with Crippen molar-refractivity contribution in [1.29, 1.82) is 0 Å². The van der Waals surface area contributed by atoms with E-state index in [9.17, 15) is 9.90 Å². The average Bonchev–Trinajstić information content (AvgIpc) is 2.63. The van der Waals surface area contributed by atoms with Crippen LogP contribution in [0, 0.1) is 0 Å². The number of aromatic hydroxyl groups is 1. The van der Waals surface area contributed by atoms with Crippen LogP contribution in [0.1, 0.15) is 12.4 Å². The van der Waals surface area contributed by atoms with Gasteiger partial charge < -0.3 is 15.2 Å². The maximum absolute atomic E-state index is 10.9. The lowest BCUT2D eigenvalue weighted by atomic mass is 10.1. The molecule has 14 heavy (non-hydrogen) atoms. The lowest BCUT2D eigenvalue weighted by molar-refractivity contribution is -0.136. The van der Waals surface area contributed by atoms with Gasteiger partial charge in [0, 0.05) is 19.8 Å². The number of aliphatic carboxylic acids is 1. The van der Waals surface area contributed by atoms with Gasteiger partial charge >= 0.3 is 5.97 Å². The minimum absolute atomic E-state index is 0.0482. The van der Waals surface area contributed by atoms with Crippen LogP contribution in [0.2, 0.25) is 0 Å². The standard InChI is InChI=1S/C10H9NO3/c12-7-1-2-9-8(4-7)6(5-11-9)3-10(13)14/h1-2,4-5,11-12H,3H2,(H,13,14)/i1D,2D,3D2,5D. The molecule has 0 aliphatic heterocycles. The van der Waals surface area contributed by atoms with E-state index in [0.717, 1.165) is 6.07 Å². The molecule has 0 aliphatic carbocycles. The van der Waals surface area contributed by atoms with Crippen molar-refractivity contribution in [2.24, 2.45) is 0 Å². The van der Waals surface area contributed by atoms with Gasteiger partial charge in [-0.1, -0.05) is 0 Å². The van der Waals surface area contributed by atoms with E-state index < -0.39 is 41.9 Å². The largest absolute Gasteiger partial charge is 0.508 e. The van der Waals surface area contributed by atoms with Crippen LogP contribution < -0.4 is 0 Å². The molecule has 0 radical (unpaired) electrons. The molecule has 1 aromatic heterocycles. The lowest BCUT2D eigenvalue weighted by Crippen LogP contribution is -1.98. The van der Waals surface area contributed by atoms with Gasteiger partial charge in [0.25, 0.3) is 0 Å². The highest BCUT2D eigenvalue weighted by molar-refractivity contribution is 5.87. The zero-order chi connectivity index (χ0) is 14.5. The van der Waals surface area contributed by atoms with E-state index in [1.807, 2.05) is 0 Å². The summed E-state index contributed by atoms with van der Waals surface area (Å²) in [6.45, 7) is 0. The third-order valence-electron chi connectivity index (χ3n) is 1.68. The van der Waals surface area contributed by atoms with Crippen molar-refractivity contribution in [2.45, 2.75) is 6.37 Å². The van der Waals surface area contributed by atoms with Crippen LogP contribution in [0.4, 0.5) is 0 Å². The number of phenols is 1. The summed E-state index contributed by atoms with van der Waals surface area (Å²) >= 11 is 0. The topological polar surface area (TPSA) is 73.3 Å². The van der Waals surface area contributed by atoms with Crippen LogP contribution in [0.5, 0.6) is 5.75 Å². The number of aromatic nitrogens is 1. The van der Waals surface area contributed by atoms with Crippen molar-refractivity contribution >= 4 is 16.9 Å². The second-order valence-corrected chi connectivity index (χ2v) is 2.62. The molecule has 0 bridgehead atoms. The first-order chi connectivity index (χ1) is 8.67. The molecule has 3 N–H and O–H groups in total. The van der Waals surface area contributed by atoms with Gasteiger partial charge in [-0.3, -0.25) is 4.79 Å². The van der Waals surface area contributed by atoms with Gasteiger partial charge in [-0.2, -0.15) is 0 Å². The summed E-state index contributed by atoms with van der Waals surface area (Å²) in [5.74, 6) is -2.35. The Morgan fingerprint density at radius 2 is 2.43 bits per heavy atom. The number of aromatic amines is 1. The van der Waals surface area contributed by atoms with Crippen molar-refractivity contribution in [1.82, 2.24) is 4.98 Å². The van der Waals surface area contributed by atoms with E-state index in [2.05, 4.69) is 4.98 Å². The predicted molar refractivity (Wildman–Crippen MR) is 51.3 cm³/mol. The van der Waals surface area contributed by atoms with Crippen molar-refractivity contribution in [3.8, 4) is 5.75 Å². The summed E-state index contributed by atoms with van der Waals surface area (Å²) in [5, 5.41) is 18.3. The second-order valence-electron chi connectivity index (χ2n) is 2.62. The van der Waals surface area contributed by atoms with E-state index in [-0.39, 0.29) is 10.9 Å². The fourth-order valence-electron chi connectivity index (χ4n) is 1.13. The molecule has 4 nitrogen and oxygen atoms in total. The Balaban J connectivity index is 2.91. The molecular weight excluding hydrogens is 182 g/mol. The predicted octanol–water partition coefficient (Wildman–Crippen LogP) is 1.50. The zero-order valence-electron chi connectivity index (χ0n) is 11.9. The highest BCUT2D eigenvalue weighted by atomic mass is 16.4. The molecule has 2 aromatic rings. The van der Waals surface area contributed by atoms with Gasteiger partial charge in [0.1, 0.15) is 5.75 Å². The van der Waals surface area contributed by atoms with E-state index >= 15 is 0 Å². The molecule has 0 unspecified atom stereocenters. The molecule has 0 fully saturated rings. The average molecular weight is 196 g/mol. The Morgan fingerprint density at radius 3 is 3.14 bits per heavy atom. The maximum atomic E-state index is 10.9. The minimum atomic E-state index is -2.84. The molecule has 0 atom stereocenters.